The molecule has 7 heteroatoms. The van der Waals surface area contributed by atoms with E-state index in [9.17, 15) is 14.0 Å². The van der Waals surface area contributed by atoms with E-state index in [0.717, 1.165) is 5.56 Å². The van der Waals surface area contributed by atoms with Crippen molar-refractivity contribution in [3.05, 3.63) is 71.9 Å². The number of carbonyl (C=O) groups is 2. The zero-order valence-electron chi connectivity index (χ0n) is 13.9. The molecule has 0 aliphatic carbocycles. The third-order valence-corrected chi connectivity index (χ3v) is 3.47. The maximum absolute atomic E-state index is 12.8. The normalized spacial score (nSPS) is 10.4. The summed E-state index contributed by atoms with van der Waals surface area (Å²) in [5.74, 6) is -1.12. The molecule has 0 saturated heterocycles. The maximum atomic E-state index is 12.8. The van der Waals surface area contributed by atoms with Crippen LogP contribution >= 0.6 is 0 Å². The van der Waals surface area contributed by atoms with Crippen molar-refractivity contribution in [2.45, 2.75) is 6.92 Å². The van der Waals surface area contributed by atoms with E-state index in [1.165, 1.54) is 24.3 Å². The quantitative estimate of drug-likeness (QED) is 0.708. The van der Waals surface area contributed by atoms with Crippen LogP contribution in [0.3, 0.4) is 0 Å². The largest absolute Gasteiger partial charge is 0.451 e. The fourth-order valence-corrected chi connectivity index (χ4v) is 2.22. The van der Waals surface area contributed by atoms with Crippen molar-refractivity contribution in [3.8, 4) is 11.5 Å². The van der Waals surface area contributed by atoms with Gasteiger partial charge in [-0.1, -0.05) is 18.2 Å². The molecule has 26 heavy (non-hydrogen) atoms. The Balaban J connectivity index is 1.60. The summed E-state index contributed by atoms with van der Waals surface area (Å²) in [6.07, 6.45) is 0. The van der Waals surface area contributed by atoms with Crippen LogP contribution in [0.25, 0.3) is 11.5 Å². The van der Waals surface area contributed by atoms with Crippen LogP contribution in [0.5, 0.6) is 0 Å². The van der Waals surface area contributed by atoms with E-state index in [2.05, 4.69) is 10.3 Å². The van der Waals surface area contributed by atoms with Gasteiger partial charge in [0.2, 0.25) is 5.89 Å². The maximum Gasteiger partial charge on any atom is 0.361 e. The fourth-order valence-electron chi connectivity index (χ4n) is 2.22. The lowest BCUT2D eigenvalue weighted by atomic mass is 10.2. The summed E-state index contributed by atoms with van der Waals surface area (Å²) in [4.78, 5) is 28.1. The van der Waals surface area contributed by atoms with Gasteiger partial charge in [-0.05, 0) is 43.3 Å². The molecule has 1 heterocycles. The second kappa shape index (κ2) is 7.60. The highest BCUT2D eigenvalue weighted by Crippen LogP contribution is 2.21. The summed E-state index contributed by atoms with van der Waals surface area (Å²) in [5, 5.41) is 2.49. The number of rotatable bonds is 5. The monoisotopic (exact) mass is 354 g/mol. The molecule has 0 fully saturated rings. The molecular weight excluding hydrogens is 339 g/mol. The number of hydrogen-bond donors (Lipinski definition) is 1. The zero-order chi connectivity index (χ0) is 18.5. The van der Waals surface area contributed by atoms with Crippen LogP contribution in [0, 0.1) is 12.7 Å². The van der Waals surface area contributed by atoms with Crippen molar-refractivity contribution in [2.75, 3.05) is 11.9 Å². The number of halogens is 1. The van der Waals surface area contributed by atoms with Crippen molar-refractivity contribution >= 4 is 17.6 Å². The Labute approximate surface area is 148 Å². The van der Waals surface area contributed by atoms with Crippen molar-refractivity contribution < 1.29 is 23.1 Å². The summed E-state index contributed by atoms with van der Waals surface area (Å²) in [7, 11) is 0. The molecule has 0 saturated carbocycles. The third kappa shape index (κ3) is 4.13. The number of hydrogen-bond acceptors (Lipinski definition) is 5. The molecule has 1 N–H and O–H groups in total. The number of nitrogens with zero attached hydrogens (tertiary/aromatic N) is 1. The van der Waals surface area contributed by atoms with Crippen LogP contribution in [0.2, 0.25) is 0 Å². The second-order valence-electron chi connectivity index (χ2n) is 5.42. The molecule has 0 atom stereocenters. The van der Waals surface area contributed by atoms with Crippen molar-refractivity contribution in [1.29, 1.82) is 0 Å². The zero-order valence-corrected chi connectivity index (χ0v) is 13.9. The van der Waals surface area contributed by atoms with Gasteiger partial charge in [0.05, 0.1) is 0 Å². The minimum Gasteiger partial charge on any atom is -0.451 e. The highest BCUT2D eigenvalue weighted by molar-refractivity contribution is 5.95. The minimum atomic E-state index is -0.761. The van der Waals surface area contributed by atoms with Crippen molar-refractivity contribution in [3.63, 3.8) is 0 Å². The minimum absolute atomic E-state index is 0.0124. The highest BCUT2D eigenvalue weighted by atomic mass is 19.1. The first kappa shape index (κ1) is 17.3. The van der Waals surface area contributed by atoms with Gasteiger partial charge < -0.3 is 14.5 Å². The third-order valence-electron chi connectivity index (χ3n) is 3.47. The summed E-state index contributed by atoms with van der Waals surface area (Å²) in [5.41, 5.74) is 1.14. The number of aromatic nitrogens is 1. The lowest BCUT2D eigenvalue weighted by Crippen LogP contribution is -2.21. The molecule has 1 amide bonds. The van der Waals surface area contributed by atoms with Crippen LogP contribution < -0.4 is 5.32 Å². The predicted octanol–water partition coefficient (Wildman–Crippen LogP) is 3.58. The lowest BCUT2D eigenvalue weighted by Gasteiger charge is -2.05. The first-order valence-electron chi connectivity index (χ1n) is 7.78. The van der Waals surface area contributed by atoms with Crippen molar-refractivity contribution in [1.82, 2.24) is 4.98 Å². The molecular formula is C19H15FN2O4. The van der Waals surface area contributed by atoms with Crippen LogP contribution in [-0.2, 0) is 9.53 Å². The van der Waals surface area contributed by atoms with Gasteiger partial charge in [-0.3, -0.25) is 4.79 Å². The Kier molecular flexibility index (Phi) is 5.07. The molecule has 0 radical (unpaired) electrons. The number of benzene rings is 2. The van der Waals surface area contributed by atoms with Gasteiger partial charge in [-0.25, -0.2) is 14.2 Å². The molecule has 1 aromatic heterocycles. The molecule has 0 bridgehead atoms. The Bertz CT molecular complexity index is 920. The summed E-state index contributed by atoms with van der Waals surface area (Å²) in [6.45, 7) is 1.10. The molecule has 0 aliphatic rings. The van der Waals surface area contributed by atoms with Gasteiger partial charge in [0.25, 0.3) is 5.91 Å². The van der Waals surface area contributed by atoms with Crippen LogP contribution in [0.4, 0.5) is 10.1 Å². The molecule has 0 aliphatic heterocycles. The number of nitrogens with one attached hydrogen (secondary N) is 1. The number of oxazole rings is 1. The Morgan fingerprint density at radius 1 is 1.12 bits per heavy atom. The van der Waals surface area contributed by atoms with Crippen LogP contribution in [0.1, 0.15) is 16.2 Å². The van der Waals surface area contributed by atoms with Gasteiger partial charge in [0.1, 0.15) is 11.6 Å². The van der Waals surface area contributed by atoms with Crippen LogP contribution in [-0.4, -0.2) is 23.5 Å². The highest BCUT2D eigenvalue weighted by Gasteiger charge is 2.20. The van der Waals surface area contributed by atoms with Gasteiger partial charge >= 0.3 is 5.97 Å². The summed E-state index contributed by atoms with van der Waals surface area (Å²) < 4.78 is 23.3. The molecule has 0 unspecified atom stereocenters. The van der Waals surface area contributed by atoms with E-state index >= 15 is 0 Å². The first-order valence-corrected chi connectivity index (χ1v) is 7.78. The van der Waals surface area contributed by atoms with E-state index in [0.29, 0.717) is 17.3 Å². The van der Waals surface area contributed by atoms with Crippen molar-refractivity contribution in [2.24, 2.45) is 0 Å². The average molecular weight is 354 g/mol. The smallest absolute Gasteiger partial charge is 0.361 e. The molecule has 3 aromatic rings. The number of anilines is 1. The second-order valence-corrected chi connectivity index (χ2v) is 5.42. The van der Waals surface area contributed by atoms with Crippen LogP contribution in [0.15, 0.2) is 59.0 Å². The number of amides is 1. The molecule has 0 spiro atoms. The molecule has 3 rings (SSSR count). The average Bonchev–Trinajstić information content (AvgIpc) is 3.04. The van der Waals surface area contributed by atoms with Gasteiger partial charge in [-0.15, -0.1) is 0 Å². The van der Waals surface area contributed by atoms with Gasteiger partial charge in [-0.2, -0.15) is 0 Å². The Morgan fingerprint density at radius 3 is 2.50 bits per heavy atom. The van der Waals surface area contributed by atoms with E-state index < -0.39 is 24.3 Å². The Morgan fingerprint density at radius 2 is 1.81 bits per heavy atom. The fraction of sp³-hybridized carbons (Fsp3) is 0.105. The standard InChI is InChI=1S/C19H15FN2O4/c1-12-17(22-18(26-12)13-5-3-2-4-6-13)19(24)25-11-16(23)21-15-9-7-14(20)8-10-15/h2-10H,11H2,1H3,(H,21,23). The molecule has 6 nitrogen and oxygen atoms in total. The molecule has 132 valence electrons. The van der Waals surface area contributed by atoms with Gasteiger partial charge in [0.15, 0.2) is 12.3 Å². The number of aryl methyl sites for hydroxylation is 1. The van der Waals surface area contributed by atoms with E-state index in [1.807, 2.05) is 18.2 Å². The SMILES string of the molecule is Cc1oc(-c2ccccc2)nc1C(=O)OCC(=O)Nc1ccc(F)cc1. The number of ether oxygens (including phenoxy) is 1. The van der Waals surface area contributed by atoms with E-state index in [-0.39, 0.29) is 5.69 Å². The summed E-state index contributed by atoms with van der Waals surface area (Å²) in [6, 6.07) is 14.4. The first-order chi connectivity index (χ1) is 12.5. The van der Waals surface area contributed by atoms with E-state index in [1.54, 1.807) is 19.1 Å². The van der Waals surface area contributed by atoms with Gasteiger partial charge in [0, 0.05) is 11.3 Å². The Hall–Kier alpha value is -3.48. The van der Waals surface area contributed by atoms with E-state index in [4.69, 9.17) is 9.15 Å². The summed E-state index contributed by atoms with van der Waals surface area (Å²) >= 11 is 0. The number of esters is 1. The molecule has 2 aromatic carbocycles. The topological polar surface area (TPSA) is 81.4 Å². The lowest BCUT2D eigenvalue weighted by molar-refractivity contribution is -0.119. The number of carbonyl (C=O) groups excluding carboxylic acids is 2. The predicted molar refractivity (Wildman–Crippen MR) is 92.0 cm³/mol.